The van der Waals surface area contributed by atoms with Gasteiger partial charge in [-0.3, -0.25) is 0 Å². The van der Waals surface area contributed by atoms with Crippen LogP contribution in [-0.2, 0) is 0 Å². The third-order valence-corrected chi connectivity index (χ3v) is 2.84. The molecule has 0 bridgehead atoms. The number of nitrogens with one attached hydrogen (secondary N) is 1. The largest absolute Gasteiger partial charge is 0.349 e. The molecule has 2 aromatic rings. The predicted octanol–water partition coefficient (Wildman–Crippen LogP) is 3.73. The average Bonchev–Trinajstić information content (AvgIpc) is 2.31. The second kappa shape index (κ2) is 4.48. The van der Waals surface area contributed by atoms with E-state index in [-0.39, 0.29) is 5.82 Å². The molecule has 1 heterocycles. The molecule has 0 spiro atoms. The highest BCUT2D eigenvalue weighted by atomic mass is 32.1. The van der Waals surface area contributed by atoms with Gasteiger partial charge in [-0.25, -0.2) is 4.39 Å². The Morgan fingerprint density at radius 1 is 1.29 bits per heavy atom. The van der Waals surface area contributed by atoms with Gasteiger partial charge in [-0.05, 0) is 30.7 Å². The van der Waals surface area contributed by atoms with Crippen LogP contribution in [0.3, 0.4) is 0 Å². The molecule has 84 valence electrons. The van der Waals surface area contributed by atoms with Crippen molar-refractivity contribution in [3.8, 4) is 17.2 Å². The van der Waals surface area contributed by atoms with Crippen molar-refractivity contribution >= 4 is 12.2 Å². The van der Waals surface area contributed by atoms with Crippen LogP contribution in [0.4, 0.5) is 4.39 Å². The van der Waals surface area contributed by atoms with Crippen LogP contribution in [0.15, 0.2) is 30.3 Å². The maximum absolute atomic E-state index is 12.8. The molecule has 1 aromatic heterocycles. The van der Waals surface area contributed by atoms with E-state index in [0.29, 0.717) is 10.2 Å². The first-order valence-corrected chi connectivity index (χ1v) is 5.42. The molecular formula is C13H9FN2S. The number of aromatic nitrogens is 1. The van der Waals surface area contributed by atoms with Gasteiger partial charge in [0.1, 0.15) is 16.5 Å². The topological polar surface area (TPSA) is 39.6 Å². The number of nitrogens with zero attached hydrogens (tertiary/aromatic N) is 1. The first-order chi connectivity index (χ1) is 8.11. The second-order valence-electron chi connectivity index (χ2n) is 3.67. The van der Waals surface area contributed by atoms with Crippen LogP contribution < -0.4 is 0 Å². The third-order valence-electron chi connectivity index (χ3n) is 2.51. The summed E-state index contributed by atoms with van der Waals surface area (Å²) >= 11 is 5.03. The average molecular weight is 244 g/mol. The molecule has 0 aliphatic rings. The lowest BCUT2D eigenvalue weighted by Gasteiger charge is -2.06. The summed E-state index contributed by atoms with van der Waals surface area (Å²) in [5.74, 6) is -0.282. The lowest BCUT2D eigenvalue weighted by molar-refractivity contribution is 0.628. The van der Waals surface area contributed by atoms with Gasteiger partial charge in [-0.15, -0.1) is 0 Å². The van der Waals surface area contributed by atoms with Crippen molar-refractivity contribution < 1.29 is 4.39 Å². The Labute approximate surface area is 103 Å². The van der Waals surface area contributed by atoms with Crippen LogP contribution in [0.5, 0.6) is 0 Å². The summed E-state index contributed by atoms with van der Waals surface area (Å²) in [5.41, 5.74) is 2.99. The second-order valence-corrected chi connectivity index (χ2v) is 4.08. The van der Waals surface area contributed by atoms with Crippen molar-refractivity contribution in [1.29, 1.82) is 5.26 Å². The third kappa shape index (κ3) is 2.24. The van der Waals surface area contributed by atoms with E-state index in [2.05, 4.69) is 4.98 Å². The van der Waals surface area contributed by atoms with Gasteiger partial charge < -0.3 is 4.98 Å². The summed E-state index contributed by atoms with van der Waals surface area (Å²) in [4.78, 5) is 2.97. The summed E-state index contributed by atoms with van der Waals surface area (Å²) in [5, 5.41) is 8.93. The van der Waals surface area contributed by atoms with E-state index >= 15 is 0 Å². The molecule has 0 aliphatic heterocycles. The Bertz CT molecular complexity index is 651. The standard InChI is InChI=1S/C13H9FN2S/c1-8-12(6-10(7-15)13(17)16-8)9-2-4-11(14)5-3-9/h2-6H,1H3,(H,16,17). The Morgan fingerprint density at radius 3 is 2.53 bits per heavy atom. The molecule has 0 saturated heterocycles. The number of hydrogen-bond donors (Lipinski definition) is 1. The Balaban J connectivity index is 2.64. The fourth-order valence-corrected chi connectivity index (χ4v) is 1.89. The first-order valence-electron chi connectivity index (χ1n) is 5.02. The zero-order valence-corrected chi connectivity index (χ0v) is 9.94. The zero-order chi connectivity index (χ0) is 12.4. The van der Waals surface area contributed by atoms with Gasteiger partial charge in [0.15, 0.2) is 0 Å². The van der Waals surface area contributed by atoms with Crippen molar-refractivity contribution in [3.63, 3.8) is 0 Å². The fourth-order valence-electron chi connectivity index (χ4n) is 1.64. The monoisotopic (exact) mass is 244 g/mol. The van der Waals surface area contributed by atoms with Gasteiger partial charge in [0.25, 0.3) is 0 Å². The first kappa shape index (κ1) is 11.5. The number of benzene rings is 1. The highest BCUT2D eigenvalue weighted by Crippen LogP contribution is 2.23. The maximum Gasteiger partial charge on any atom is 0.123 e. The maximum atomic E-state index is 12.8. The molecule has 0 saturated carbocycles. The summed E-state index contributed by atoms with van der Waals surface area (Å²) in [6.07, 6.45) is 0. The molecule has 1 N–H and O–H groups in total. The summed E-state index contributed by atoms with van der Waals surface area (Å²) in [6, 6.07) is 9.89. The molecule has 0 amide bonds. The van der Waals surface area contributed by atoms with E-state index in [1.807, 2.05) is 13.0 Å². The fraction of sp³-hybridized carbons (Fsp3) is 0.0769. The minimum Gasteiger partial charge on any atom is -0.349 e. The van der Waals surface area contributed by atoms with Gasteiger partial charge in [0.05, 0.1) is 5.56 Å². The number of aryl methyl sites for hydroxylation is 1. The van der Waals surface area contributed by atoms with Crippen LogP contribution in [0, 0.1) is 28.7 Å². The number of pyridine rings is 1. The van der Waals surface area contributed by atoms with E-state index in [4.69, 9.17) is 17.5 Å². The van der Waals surface area contributed by atoms with E-state index in [1.165, 1.54) is 12.1 Å². The molecular weight excluding hydrogens is 235 g/mol. The van der Waals surface area contributed by atoms with E-state index in [1.54, 1.807) is 18.2 Å². The van der Waals surface area contributed by atoms with Crippen molar-refractivity contribution in [1.82, 2.24) is 4.98 Å². The number of rotatable bonds is 1. The lowest BCUT2D eigenvalue weighted by atomic mass is 10.0. The Morgan fingerprint density at radius 2 is 1.94 bits per heavy atom. The lowest BCUT2D eigenvalue weighted by Crippen LogP contribution is -1.92. The van der Waals surface area contributed by atoms with Gasteiger partial charge in [-0.2, -0.15) is 5.26 Å². The number of H-pyrrole nitrogens is 1. The van der Waals surface area contributed by atoms with Crippen molar-refractivity contribution in [3.05, 3.63) is 52.0 Å². The number of halogens is 1. The molecule has 0 fully saturated rings. The number of hydrogen-bond acceptors (Lipinski definition) is 2. The Hall–Kier alpha value is -1.99. The molecule has 0 aliphatic carbocycles. The van der Waals surface area contributed by atoms with Crippen LogP contribution in [0.2, 0.25) is 0 Å². The number of nitriles is 1. The van der Waals surface area contributed by atoms with Crippen molar-refractivity contribution in [2.24, 2.45) is 0 Å². The van der Waals surface area contributed by atoms with Crippen molar-refractivity contribution in [2.45, 2.75) is 6.92 Å². The smallest absolute Gasteiger partial charge is 0.123 e. The highest BCUT2D eigenvalue weighted by Gasteiger charge is 2.05. The molecule has 0 atom stereocenters. The molecule has 4 heteroatoms. The Kier molecular flexibility index (Phi) is 3.03. The molecule has 1 aromatic carbocycles. The molecule has 17 heavy (non-hydrogen) atoms. The zero-order valence-electron chi connectivity index (χ0n) is 9.12. The highest BCUT2D eigenvalue weighted by molar-refractivity contribution is 7.71. The minimum absolute atomic E-state index is 0.282. The van der Waals surface area contributed by atoms with E-state index in [0.717, 1.165) is 16.8 Å². The van der Waals surface area contributed by atoms with Crippen LogP contribution in [0.1, 0.15) is 11.3 Å². The van der Waals surface area contributed by atoms with Gasteiger partial charge in [0, 0.05) is 11.3 Å². The molecule has 0 radical (unpaired) electrons. The van der Waals surface area contributed by atoms with Gasteiger partial charge in [0.2, 0.25) is 0 Å². The quantitative estimate of drug-likeness (QED) is 0.776. The predicted molar refractivity (Wildman–Crippen MR) is 66.5 cm³/mol. The molecule has 2 nitrogen and oxygen atoms in total. The number of aromatic amines is 1. The summed E-state index contributed by atoms with van der Waals surface area (Å²) in [7, 11) is 0. The van der Waals surface area contributed by atoms with Crippen LogP contribution >= 0.6 is 12.2 Å². The van der Waals surface area contributed by atoms with E-state index < -0.39 is 0 Å². The van der Waals surface area contributed by atoms with Gasteiger partial charge in [-0.1, -0.05) is 24.4 Å². The summed E-state index contributed by atoms with van der Waals surface area (Å²) < 4.78 is 13.3. The van der Waals surface area contributed by atoms with Crippen LogP contribution in [-0.4, -0.2) is 4.98 Å². The summed E-state index contributed by atoms with van der Waals surface area (Å²) in [6.45, 7) is 1.87. The molecule has 2 rings (SSSR count). The van der Waals surface area contributed by atoms with Crippen LogP contribution in [0.25, 0.3) is 11.1 Å². The minimum atomic E-state index is -0.282. The SMILES string of the molecule is Cc1[nH]c(=S)c(C#N)cc1-c1ccc(F)cc1. The van der Waals surface area contributed by atoms with Gasteiger partial charge >= 0.3 is 0 Å². The van der Waals surface area contributed by atoms with E-state index in [9.17, 15) is 4.39 Å². The normalized spacial score (nSPS) is 9.94. The molecule has 0 unspecified atom stereocenters. The van der Waals surface area contributed by atoms with Crippen molar-refractivity contribution in [2.75, 3.05) is 0 Å².